The van der Waals surface area contributed by atoms with Crippen molar-refractivity contribution < 1.29 is 18.0 Å². The molecule has 0 spiro atoms. The number of hydrogen-bond donors (Lipinski definition) is 1. The number of hydrogen-bond acceptors (Lipinski definition) is 5. The van der Waals surface area contributed by atoms with Gasteiger partial charge in [-0.2, -0.15) is 13.2 Å². The molecule has 1 N–H and O–H groups in total. The molecule has 0 aliphatic carbocycles. The molecule has 6 nitrogen and oxygen atoms in total. The van der Waals surface area contributed by atoms with Crippen molar-refractivity contribution in [1.29, 1.82) is 0 Å². The number of alkyl halides is 3. The second-order valence-electron chi connectivity index (χ2n) is 7.28. The topological polar surface area (TPSA) is 72.7 Å². The molecule has 0 atom stereocenters. The van der Waals surface area contributed by atoms with Gasteiger partial charge in [-0.05, 0) is 48.4 Å². The first-order valence-corrected chi connectivity index (χ1v) is 11.4. The quantitative estimate of drug-likeness (QED) is 0.345. The van der Waals surface area contributed by atoms with Gasteiger partial charge in [0.05, 0.1) is 17.0 Å². The Balaban J connectivity index is 1.59. The lowest BCUT2D eigenvalue weighted by atomic mass is 10.1. The number of nitrogens with zero attached hydrogens (tertiary/aromatic N) is 4. The highest BCUT2D eigenvalue weighted by atomic mass is 32.2. The van der Waals surface area contributed by atoms with Crippen molar-refractivity contribution in [2.24, 2.45) is 0 Å². The zero-order valence-electron chi connectivity index (χ0n) is 18.1. The molecule has 2 aromatic carbocycles. The number of thioether (sulfide) groups is 1. The average molecular weight is 484 g/mol. The number of benzene rings is 2. The molecule has 4 aromatic rings. The Labute approximate surface area is 198 Å². The molecule has 10 heteroatoms. The molecule has 0 saturated heterocycles. The van der Waals surface area contributed by atoms with E-state index in [9.17, 15) is 18.0 Å². The van der Waals surface area contributed by atoms with E-state index < -0.39 is 17.6 Å². The largest absolute Gasteiger partial charge is 0.418 e. The lowest BCUT2D eigenvalue weighted by Crippen LogP contribution is -2.18. The molecule has 0 saturated carbocycles. The zero-order chi connectivity index (χ0) is 24.1. The van der Waals surface area contributed by atoms with Gasteiger partial charge < -0.3 is 5.32 Å². The Morgan fingerprint density at radius 1 is 1.00 bits per heavy atom. The van der Waals surface area contributed by atoms with Gasteiger partial charge in [-0.3, -0.25) is 14.3 Å². The summed E-state index contributed by atoms with van der Waals surface area (Å²) in [5.41, 5.74) is 1.58. The molecule has 2 heterocycles. The minimum atomic E-state index is -4.57. The van der Waals surface area contributed by atoms with E-state index in [0.717, 1.165) is 35.5 Å². The SMILES string of the molecule is CCc1ccc(-n2c(SCC(=O)Nc3ccccc3C(F)(F)F)nnc2-c2ccncc2)cc1. The van der Waals surface area contributed by atoms with Crippen LogP contribution in [0.25, 0.3) is 17.1 Å². The third kappa shape index (κ3) is 5.28. The van der Waals surface area contributed by atoms with Crippen LogP contribution in [0.3, 0.4) is 0 Å². The van der Waals surface area contributed by atoms with Crippen LogP contribution in [0.4, 0.5) is 18.9 Å². The van der Waals surface area contributed by atoms with E-state index >= 15 is 0 Å². The summed E-state index contributed by atoms with van der Waals surface area (Å²) < 4.78 is 41.5. The molecule has 0 aliphatic heterocycles. The Morgan fingerprint density at radius 2 is 1.71 bits per heavy atom. The predicted octanol–water partition coefficient (Wildman–Crippen LogP) is 5.64. The number of aromatic nitrogens is 4. The van der Waals surface area contributed by atoms with Crippen LogP contribution in [-0.4, -0.2) is 31.4 Å². The highest BCUT2D eigenvalue weighted by Crippen LogP contribution is 2.35. The summed E-state index contributed by atoms with van der Waals surface area (Å²) in [6.45, 7) is 2.06. The van der Waals surface area contributed by atoms with Crippen molar-refractivity contribution in [3.8, 4) is 17.1 Å². The molecule has 174 valence electrons. The van der Waals surface area contributed by atoms with Crippen LogP contribution in [0.5, 0.6) is 0 Å². The normalized spacial score (nSPS) is 11.4. The van der Waals surface area contributed by atoms with Gasteiger partial charge in [0.1, 0.15) is 0 Å². The van der Waals surface area contributed by atoms with E-state index in [1.807, 2.05) is 28.8 Å². The van der Waals surface area contributed by atoms with Gasteiger partial charge in [0.2, 0.25) is 5.91 Å². The van der Waals surface area contributed by atoms with Crippen LogP contribution < -0.4 is 5.32 Å². The fraction of sp³-hybridized carbons (Fsp3) is 0.167. The minimum Gasteiger partial charge on any atom is -0.325 e. The van der Waals surface area contributed by atoms with Crippen molar-refractivity contribution in [2.75, 3.05) is 11.1 Å². The Bertz CT molecular complexity index is 1270. The van der Waals surface area contributed by atoms with Gasteiger partial charge in [-0.15, -0.1) is 10.2 Å². The summed E-state index contributed by atoms with van der Waals surface area (Å²) in [5, 5.41) is 11.3. The molecule has 34 heavy (non-hydrogen) atoms. The maximum atomic E-state index is 13.2. The van der Waals surface area contributed by atoms with Crippen molar-refractivity contribution in [2.45, 2.75) is 24.7 Å². The number of rotatable bonds is 7. The van der Waals surface area contributed by atoms with Gasteiger partial charge in [-0.1, -0.05) is 43.0 Å². The summed E-state index contributed by atoms with van der Waals surface area (Å²) in [6, 6.07) is 16.4. The molecular formula is C24H20F3N5OS. The summed E-state index contributed by atoms with van der Waals surface area (Å²) in [4.78, 5) is 16.5. The van der Waals surface area contributed by atoms with Crippen molar-refractivity contribution in [1.82, 2.24) is 19.7 Å². The van der Waals surface area contributed by atoms with E-state index in [-0.39, 0.29) is 11.4 Å². The number of amides is 1. The first-order valence-electron chi connectivity index (χ1n) is 10.4. The number of anilines is 1. The van der Waals surface area contributed by atoms with Gasteiger partial charge in [0, 0.05) is 23.6 Å². The standard InChI is InChI=1S/C24H20F3N5OS/c1-2-16-7-9-18(10-8-16)32-22(17-11-13-28-14-12-17)30-31-23(32)34-15-21(33)29-20-6-4-3-5-19(20)24(25,26)27/h3-14H,2,15H2,1H3,(H,29,33). The molecule has 2 aromatic heterocycles. The number of nitrogens with one attached hydrogen (secondary N) is 1. The first-order chi connectivity index (χ1) is 16.4. The van der Waals surface area contributed by atoms with E-state index in [2.05, 4.69) is 27.4 Å². The number of halogens is 3. The maximum absolute atomic E-state index is 13.2. The number of para-hydroxylation sites is 1. The van der Waals surface area contributed by atoms with Gasteiger partial charge in [0.25, 0.3) is 0 Å². The van der Waals surface area contributed by atoms with Gasteiger partial charge in [-0.25, -0.2) is 0 Å². The molecule has 0 bridgehead atoms. The minimum absolute atomic E-state index is 0.145. The molecule has 0 aliphatic rings. The number of aryl methyl sites for hydroxylation is 1. The Morgan fingerprint density at radius 3 is 2.38 bits per heavy atom. The smallest absolute Gasteiger partial charge is 0.325 e. The average Bonchev–Trinajstić information content (AvgIpc) is 3.27. The van der Waals surface area contributed by atoms with Crippen LogP contribution in [0.1, 0.15) is 18.1 Å². The molecule has 0 unspecified atom stereocenters. The van der Waals surface area contributed by atoms with Crippen molar-refractivity contribution >= 4 is 23.4 Å². The van der Waals surface area contributed by atoms with Crippen LogP contribution in [-0.2, 0) is 17.4 Å². The van der Waals surface area contributed by atoms with Crippen LogP contribution in [0.15, 0.2) is 78.2 Å². The summed E-state index contributed by atoms with van der Waals surface area (Å²) in [7, 11) is 0. The van der Waals surface area contributed by atoms with E-state index in [1.165, 1.54) is 23.8 Å². The van der Waals surface area contributed by atoms with E-state index in [4.69, 9.17) is 0 Å². The Hall–Kier alpha value is -3.66. The fourth-order valence-corrected chi connectivity index (χ4v) is 4.07. The van der Waals surface area contributed by atoms with Crippen molar-refractivity contribution in [3.63, 3.8) is 0 Å². The molecule has 0 radical (unpaired) electrons. The van der Waals surface area contributed by atoms with E-state index in [1.54, 1.807) is 24.5 Å². The molecule has 1 amide bonds. The summed E-state index contributed by atoms with van der Waals surface area (Å²) >= 11 is 1.09. The maximum Gasteiger partial charge on any atom is 0.418 e. The lowest BCUT2D eigenvalue weighted by molar-refractivity contribution is -0.137. The highest BCUT2D eigenvalue weighted by Gasteiger charge is 2.33. The van der Waals surface area contributed by atoms with E-state index in [0.29, 0.717) is 11.0 Å². The number of carbonyl (C=O) groups excluding carboxylic acids is 1. The summed E-state index contributed by atoms with van der Waals surface area (Å²) in [5.74, 6) is -0.159. The molecule has 0 fully saturated rings. The molecule has 4 rings (SSSR count). The van der Waals surface area contributed by atoms with Crippen molar-refractivity contribution in [3.05, 3.63) is 84.2 Å². The third-order valence-corrected chi connectivity index (χ3v) is 5.94. The molecular weight excluding hydrogens is 463 g/mol. The third-order valence-electron chi connectivity index (χ3n) is 5.01. The van der Waals surface area contributed by atoms with Crippen LogP contribution >= 0.6 is 11.8 Å². The van der Waals surface area contributed by atoms with Gasteiger partial charge >= 0.3 is 6.18 Å². The lowest BCUT2D eigenvalue weighted by Gasteiger charge is -2.14. The highest BCUT2D eigenvalue weighted by molar-refractivity contribution is 7.99. The zero-order valence-corrected chi connectivity index (χ0v) is 18.9. The second kappa shape index (κ2) is 10.1. The predicted molar refractivity (Wildman–Crippen MR) is 125 cm³/mol. The second-order valence-corrected chi connectivity index (χ2v) is 8.22. The summed E-state index contributed by atoms with van der Waals surface area (Å²) in [6.07, 6.45) is -0.387. The monoisotopic (exact) mass is 483 g/mol. The Kier molecular flexibility index (Phi) is 6.97. The van der Waals surface area contributed by atoms with Crippen LogP contribution in [0.2, 0.25) is 0 Å². The number of pyridine rings is 1. The van der Waals surface area contributed by atoms with Gasteiger partial charge in [0.15, 0.2) is 11.0 Å². The van der Waals surface area contributed by atoms with Crippen LogP contribution in [0, 0.1) is 0 Å². The first kappa shape index (κ1) is 23.5. The fourth-order valence-electron chi connectivity index (χ4n) is 3.32. The number of carbonyl (C=O) groups is 1.